The van der Waals surface area contributed by atoms with Gasteiger partial charge in [0.05, 0.1) is 28.0 Å². The maximum Gasteiger partial charge on any atom is 0.323 e. The summed E-state index contributed by atoms with van der Waals surface area (Å²) < 4.78 is 13.6. The van der Waals surface area contributed by atoms with E-state index in [9.17, 15) is 9.18 Å². The molecule has 0 aromatic heterocycles. The van der Waals surface area contributed by atoms with E-state index in [4.69, 9.17) is 16.9 Å². The van der Waals surface area contributed by atoms with Gasteiger partial charge in [0.25, 0.3) is 0 Å². The van der Waals surface area contributed by atoms with Crippen molar-refractivity contribution < 1.29 is 9.18 Å². The highest BCUT2D eigenvalue weighted by Gasteiger charge is 2.09. The van der Waals surface area contributed by atoms with Crippen molar-refractivity contribution in [2.45, 2.75) is 0 Å². The zero-order chi connectivity index (χ0) is 14.5. The van der Waals surface area contributed by atoms with Crippen LogP contribution < -0.4 is 10.6 Å². The molecule has 0 aliphatic heterocycles. The summed E-state index contributed by atoms with van der Waals surface area (Å²) in [6, 6.07) is 11.7. The Morgan fingerprint density at radius 1 is 1.15 bits per heavy atom. The molecule has 4 nitrogen and oxygen atoms in total. The molecule has 0 saturated carbocycles. The minimum absolute atomic E-state index is 0.0199. The number of rotatable bonds is 2. The van der Waals surface area contributed by atoms with E-state index < -0.39 is 11.8 Å². The topological polar surface area (TPSA) is 64.9 Å². The fourth-order valence-corrected chi connectivity index (χ4v) is 1.71. The standard InChI is InChI=1S/C14H9ClFN3O/c15-10-3-1-2-4-12(10)18-14(20)19-13-6-5-9(8-17)7-11(13)16/h1-7H,(H2,18,19,20). The van der Waals surface area contributed by atoms with Crippen LogP contribution in [0.3, 0.4) is 0 Å². The maximum atomic E-state index is 13.6. The number of halogens is 2. The first-order valence-electron chi connectivity index (χ1n) is 5.62. The van der Waals surface area contributed by atoms with E-state index >= 15 is 0 Å². The Morgan fingerprint density at radius 3 is 2.50 bits per heavy atom. The SMILES string of the molecule is N#Cc1ccc(NC(=O)Nc2ccccc2Cl)c(F)c1. The summed E-state index contributed by atoms with van der Waals surface area (Å²) in [5.74, 6) is -0.682. The molecule has 0 aliphatic rings. The minimum atomic E-state index is -0.682. The van der Waals surface area contributed by atoms with Crippen LogP contribution in [0.1, 0.15) is 5.56 Å². The van der Waals surface area contributed by atoms with Crippen LogP contribution in [0, 0.1) is 17.1 Å². The van der Waals surface area contributed by atoms with Crippen LogP contribution >= 0.6 is 11.6 Å². The molecule has 0 heterocycles. The Bertz CT molecular complexity index is 697. The van der Waals surface area contributed by atoms with Gasteiger partial charge in [-0.1, -0.05) is 23.7 Å². The van der Waals surface area contributed by atoms with Crippen LogP contribution in [-0.4, -0.2) is 6.03 Å². The highest BCUT2D eigenvalue weighted by Crippen LogP contribution is 2.21. The number of benzene rings is 2. The van der Waals surface area contributed by atoms with Crippen molar-refractivity contribution in [3.63, 3.8) is 0 Å². The van der Waals surface area contributed by atoms with Crippen molar-refractivity contribution >= 4 is 29.0 Å². The van der Waals surface area contributed by atoms with Gasteiger partial charge in [0.2, 0.25) is 0 Å². The van der Waals surface area contributed by atoms with Gasteiger partial charge < -0.3 is 10.6 Å². The van der Waals surface area contributed by atoms with E-state index in [0.29, 0.717) is 10.7 Å². The number of nitrogens with zero attached hydrogens (tertiary/aromatic N) is 1. The summed E-state index contributed by atoms with van der Waals surface area (Å²) in [5, 5.41) is 13.9. The lowest BCUT2D eigenvalue weighted by Gasteiger charge is -2.09. The number of nitriles is 1. The number of hydrogen-bond donors (Lipinski definition) is 2. The Hall–Kier alpha value is -2.58. The number of anilines is 2. The second-order valence-electron chi connectivity index (χ2n) is 3.87. The second-order valence-corrected chi connectivity index (χ2v) is 4.27. The van der Waals surface area contributed by atoms with Crippen LogP contribution in [0.15, 0.2) is 42.5 Å². The van der Waals surface area contributed by atoms with Crippen molar-refractivity contribution in [2.24, 2.45) is 0 Å². The number of nitrogens with one attached hydrogen (secondary N) is 2. The molecular formula is C14H9ClFN3O. The van der Waals surface area contributed by atoms with Gasteiger partial charge in [-0.05, 0) is 30.3 Å². The van der Waals surface area contributed by atoms with E-state index in [1.165, 1.54) is 12.1 Å². The van der Waals surface area contributed by atoms with Crippen LogP contribution in [0.5, 0.6) is 0 Å². The monoisotopic (exact) mass is 289 g/mol. The molecule has 0 atom stereocenters. The van der Waals surface area contributed by atoms with Crippen LogP contribution in [0.2, 0.25) is 5.02 Å². The number of urea groups is 1. The van der Waals surface area contributed by atoms with E-state index in [2.05, 4.69) is 10.6 Å². The van der Waals surface area contributed by atoms with E-state index in [-0.39, 0.29) is 11.3 Å². The highest BCUT2D eigenvalue weighted by molar-refractivity contribution is 6.33. The molecule has 0 aliphatic carbocycles. The van der Waals surface area contributed by atoms with Crippen molar-refractivity contribution in [3.8, 4) is 6.07 Å². The lowest BCUT2D eigenvalue weighted by atomic mass is 10.2. The molecule has 0 saturated heterocycles. The fraction of sp³-hybridized carbons (Fsp3) is 0. The Morgan fingerprint density at radius 2 is 1.85 bits per heavy atom. The molecule has 100 valence electrons. The smallest absolute Gasteiger partial charge is 0.306 e. The molecule has 2 aromatic carbocycles. The van der Waals surface area contributed by atoms with Crippen molar-refractivity contribution in [2.75, 3.05) is 10.6 Å². The third-order valence-electron chi connectivity index (χ3n) is 2.47. The van der Waals surface area contributed by atoms with Gasteiger partial charge in [0.1, 0.15) is 5.82 Å². The van der Waals surface area contributed by atoms with Crippen LogP contribution in [-0.2, 0) is 0 Å². The van der Waals surface area contributed by atoms with Crippen LogP contribution in [0.25, 0.3) is 0 Å². The second kappa shape index (κ2) is 6.04. The van der Waals surface area contributed by atoms with Gasteiger partial charge in [0, 0.05) is 0 Å². The first kappa shape index (κ1) is 13.8. The normalized spacial score (nSPS) is 9.65. The van der Waals surface area contributed by atoms with Gasteiger partial charge in [0.15, 0.2) is 0 Å². The molecule has 0 bridgehead atoms. The summed E-state index contributed by atoms with van der Waals surface area (Å²) in [7, 11) is 0. The molecule has 2 rings (SSSR count). The third kappa shape index (κ3) is 3.25. The predicted octanol–water partition coefficient (Wildman–Crippen LogP) is 3.99. The number of hydrogen-bond acceptors (Lipinski definition) is 2. The summed E-state index contributed by atoms with van der Waals surface area (Å²) in [6.45, 7) is 0. The molecular weight excluding hydrogens is 281 g/mol. The lowest BCUT2D eigenvalue weighted by molar-refractivity contribution is 0.262. The van der Waals surface area contributed by atoms with E-state index in [0.717, 1.165) is 6.07 Å². The van der Waals surface area contributed by atoms with Crippen LogP contribution in [0.4, 0.5) is 20.6 Å². The molecule has 2 aromatic rings. The average Bonchev–Trinajstić information content (AvgIpc) is 2.43. The lowest BCUT2D eigenvalue weighted by Crippen LogP contribution is -2.20. The highest BCUT2D eigenvalue weighted by atomic mass is 35.5. The third-order valence-corrected chi connectivity index (χ3v) is 2.80. The minimum Gasteiger partial charge on any atom is -0.306 e. The molecule has 6 heteroatoms. The Balaban J connectivity index is 2.09. The van der Waals surface area contributed by atoms with Gasteiger partial charge in [-0.3, -0.25) is 0 Å². The van der Waals surface area contributed by atoms with Gasteiger partial charge in [-0.25, -0.2) is 9.18 Å². The average molecular weight is 290 g/mol. The number of amides is 2. The molecule has 0 fully saturated rings. The number of para-hydroxylation sites is 1. The summed E-state index contributed by atoms with van der Waals surface area (Å²) in [4.78, 5) is 11.7. The molecule has 2 N–H and O–H groups in total. The summed E-state index contributed by atoms with van der Waals surface area (Å²) >= 11 is 5.89. The molecule has 0 spiro atoms. The van der Waals surface area contributed by atoms with Gasteiger partial charge in [-0.15, -0.1) is 0 Å². The largest absolute Gasteiger partial charge is 0.323 e. The first-order valence-corrected chi connectivity index (χ1v) is 6.00. The molecule has 20 heavy (non-hydrogen) atoms. The molecule has 2 amide bonds. The predicted molar refractivity (Wildman–Crippen MR) is 75.2 cm³/mol. The van der Waals surface area contributed by atoms with E-state index in [1.54, 1.807) is 24.3 Å². The van der Waals surface area contributed by atoms with Gasteiger partial charge >= 0.3 is 6.03 Å². The quantitative estimate of drug-likeness (QED) is 0.878. The van der Waals surface area contributed by atoms with Gasteiger partial charge in [-0.2, -0.15) is 5.26 Å². The zero-order valence-corrected chi connectivity index (χ0v) is 10.9. The van der Waals surface area contributed by atoms with Crippen molar-refractivity contribution in [1.29, 1.82) is 5.26 Å². The number of carbonyl (C=O) groups excluding carboxylic acids is 1. The molecule has 0 radical (unpaired) electrons. The Labute approximate surface area is 119 Å². The number of carbonyl (C=O) groups is 1. The van der Waals surface area contributed by atoms with E-state index in [1.807, 2.05) is 6.07 Å². The fourth-order valence-electron chi connectivity index (χ4n) is 1.52. The van der Waals surface area contributed by atoms with Crippen molar-refractivity contribution in [3.05, 3.63) is 58.9 Å². The Kier molecular flexibility index (Phi) is 4.18. The summed E-state index contributed by atoms with van der Waals surface area (Å²) in [5.41, 5.74) is 0.578. The summed E-state index contributed by atoms with van der Waals surface area (Å²) in [6.07, 6.45) is 0. The zero-order valence-electron chi connectivity index (χ0n) is 10.2. The maximum absolute atomic E-state index is 13.6. The van der Waals surface area contributed by atoms with Crippen molar-refractivity contribution in [1.82, 2.24) is 0 Å². The molecule has 0 unspecified atom stereocenters. The first-order chi connectivity index (χ1) is 9.60.